The molecule has 5 heteroatoms. The zero-order valence-corrected chi connectivity index (χ0v) is 10.4. The summed E-state index contributed by atoms with van der Waals surface area (Å²) in [7, 11) is 0. The molecule has 2 aliphatic heterocycles. The lowest BCUT2D eigenvalue weighted by Gasteiger charge is -2.34. The van der Waals surface area contributed by atoms with Crippen LogP contribution in [-0.4, -0.2) is 48.4 Å². The van der Waals surface area contributed by atoms with E-state index in [1.807, 2.05) is 10.2 Å². The second-order valence-corrected chi connectivity index (χ2v) is 5.06. The molecule has 2 amide bonds. The van der Waals surface area contributed by atoms with Gasteiger partial charge in [0.2, 0.25) is 5.91 Å². The van der Waals surface area contributed by atoms with E-state index in [2.05, 4.69) is 12.2 Å². The minimum absolute atomic E-state index is 0.00858. The Morgan fingerprint density at radius 2 is 2.35 bits per heavy atom. The molecule has 0 aromatic heterocycles. The average molecular weight is 240 g/mol. The first-order valence-corrected chi connectivity index (χ1v) is 6.59. The van der Waals surface area contributed by atoms with Gasteiger partial charge in [0.25, 0.3) is 5.91 Å². The van der Waals surface area contributed by atoms with Crippen molar-refractivity contribution in [2.45, 2.75) is 44.7 Å². The maximum atomic E-state index is 12.1. The summed E-state index contributed by atoms with van der Waals surface area (Å²) >= 11 is 0. The molecule has 0 radical (unpaired) electrons. The number of piperazine rings is 1. The number of hydrogen-bond acceptors (Lipinski definition) is 2. The fourth-order valence-corrected chi connectivity index (χ4v) is 2.67. The number of nitrogens with zero attached hydrogens (tertiary/aromatic N) is 1. The van der Waals surface area contributed by atoms with Crippen molar-refractivity contribution in [2.75, 3.05) is 19.6 Å². The van der Waals surface area contributed by atoms with Crippen LogP contribution >= 0.6 is 0 Å². The van der Waals surface area contributed by atoms with Crippen LogP contribution in [0.1, 0.15) is 32.6 Å². The molecule has 2 atom stereocenters. The smallest absolute Gasteiger partial charge is 0.278 e. The van der Waals surface area contributed by atoms with Crippen molar-refractivity contribution in [3.8, 4) is 0 Å². The van der Waals surface area contributed by atoms with Gasteiger partial charge in [-0.15, -0.1) is 0 Å². The number of nitrogens with two attached hydrogens (primary N) is 1. The van der Waals surface area contributed by atoms with Crippen molar-refractivity contribution in [3.05, 3.63) is 0 Å². The average Bonchev–Trinajstić information content (AvgIpc) is 2.32. The van der Waals surface area contributed by atoms with Gasteiger partial charge in [0.1, 0.15) is 0 Å². The number of hydrogen-bond donors (Lipinski definition) is 2. The van der Waals surface area contributed by atoms with E-state index < -0.39 is 0 Å². The highest BCUT2D eigenvalue weighted by molar-refractivity contribution is 5.87. The molecule has 3 N–H and O–H groups in total. The lowest BCUT2D eigenvalue weighted by atomic mass is 10.0. The fraction of sp³-hybridized carbons (Fsp3) is 0.833. The second kappa shape index (κ2) is 5.49. The van der Waals surface area contributed by atoms with Crippen LogP contribution in [0.2, 0.25) is 0 Å². The standard InChI is InChI=1S/C12H21N3O2/c1-9-4-2-3-7-15(9)11(16)8-10-12(17)14-6-5-13-10/h9-10,13H,2-8H2,1H3,(H,14,17)/p+1/t9-,10-/m0/s1. The molecular weight excluding hydrogens is 218 g/mol. The van der Waals surface area contributed by atoms with Crippen molar-refractivity contribution in [3.63, 3.8) is 0 Å². The van der Waals surface area contributed by atoms with Crippen LogP contribution in [0.5, 0.6) is 0 Å². The third-order valence-corrected chi connectivity index (χ3v) is 3.75. The lowest BCUT2D eigenvalue weighted by molar-refractivity contribution is -0.678. The molecule has 0 aliphatic carbocycles. The minimum atomic E-state index is -0.217. The summed E-state index contributed by atoms with van der Waals surface area (Å²) in [6.45, 7) is 4.54. The summed E-state index contributed by atoms with van der Waals surface area (Å²) in [4.78, 5) is 25.7. The van der Waals surface area contributed by atoms with Crippen LogP contribution in [0.15, 0.2) is 0 Å². The van der Waals surface area contributed by atoms with Crippen molar-refractivity contribution in [2.24, 2.45) is 0 Å². The largest absolute Gasteiger partial charge is 0.345 e. The van der Waals surface area contributed by atoms with E-state index in [4.69, 9.17) is 0 Å². The first kappa shape index (κ1) is 12.4. The molecule has 0 aromatic rings. The number of piperidine rings is 1. The van der Waals surface area contributed by atoms with E-state index in [1.54, 1.807) is 0 Å². The molecule has 0 bridgehead atoms. The van der Waals surface area contributed by atoms with Gasteiger partial charge >= 0.3 is 0 Å². The SMILES string of the molecule is C[C@H]1CCCCN1C(=O)C[C@@H]1[NH2+]CCNC1=O. The maximum absolute atomic E-state index is 12.1. The van der Waals surface area contributed by atoms with Gasteiger partial charge in [-0.25, -0.2) is 0 Å². The van der Waals surface area contributed by atoms with Crippen LogP contribution in [0.25, 0.3) is 0 Å². The van der Waals surface area contributed by atoms with Gasteiger partial charge in [-0.2, -0.15) is 0 Å². The van der Waals surface area contributed by atoms with Crippen molar-refractivity contribution >= 4 is 11.8 Å². The molecule has 96 valence electrons. The van der Waals surface area contributed by atoms with E-state index in [1.165, 1.54) is 6.42 Å². The molecule has 0 saturated carbocycles. The van der Waals surface area contributed by atoms with Gasteiger partial charge in [0, 0.05) is 12.6 Å². The van der Waals surface area contributed by atoms with Crippen LogP contribution < -0.4 is 10.6 Å². The van der Waals surface area contributed by atoms with Gasteiger partial charge in [-0.05, 0) is 26.2 Å². The number of quaternary nitrogens is 1. The van der Waals surface area contributed by atoms with E-state index >= 15 is 0 Å². The number of amides is 2. The Labute approximate surface area is 102 Å². The van der Waals surface area contributed by atoms with Crippen molar-refractivity contribution in [1.82, 2.24) is 10.2 Å². The highest BCUT2D eigenvalue weighted by atomic mass is 16.2. The number of carbonyl (C=O) groups excluding carboxylic acids is 2. The number of rotatable bonds is 2. The van der Waals surface area contributed by atoms with Gasteiger partial charge in [-0.3, -0.25) is 9.59 Å². The fourth-order valence-electron chi connectivity index (χ4n) is 2.67. The Morgan fingerprint density at radius 1 is 1.53 bits per heavy atom. The van der Waals surface area contributed by atoms with Gasteiger partial charge in [-0.1, -0.05) is 0 Å². The number of likely N-dealkylation sites (tertiary alicyclic amines) is 1. The molecule has 2 rings (SSSR count). The van der Waals surface area contributed by atoms with Crippen molar-refractivity contribution in [1.29, 1.82) is 0 Å². The van der Waals surface area contributed by atoms with Crippen LogP contribution in [0, 0.1) is 0 Å². The van der Waals surface area contributed by atoms with E-state index in [0.717, 1.165) is 25.9 Å². The number of nitrogens with one attached hydrogen (secondary N) is 1. The van der Waals surface area contributed by atoms with Crippen molar-refractivity contribution < 1.29 is 14.9 Å². The van der Waals surface area contributed by atoms with Crippen LogP contribution in [0.4, 0.5) is 0 Å². The van der Waals surface area contributed by atoms with Crippen LogP contribution in [-0.2, 0) is 9.59 Å². The normalized spacial score (nSPS) is 29.9. The summed E-state index contributed by atoms with van der Waals surface area (Å²) in [6.07, 6.45) is 3.74. The first-order chi connectivity index (χ1) is 8.18. The molecule has 0 spiro atoms. The van der Waals surface area contributed by atoms with Gasteiger partial charge in [0.15, 0.2) is 6.04 Å². The molecule has 2 fully saturated rings. The summed E-state index contributed by atoms with van der Waals surface area (Å²) in [5.41, 5.74) is 0. The van der Waals surface area contributed by atoms with E-state index in [0.29, 0.717) is 19.0 Å². The van der Waals surface area contributed by atoms with Gasteiger partial charge < -0.3 is 15.5 Å². The third-order valence-electron chi connectivity index (χ3n) is 3.75. The maximum Gasteiger partial charge on any atom is 0.278 e. The Bertz CT molecular complexity index is 306. The summed E-state index contributed by atoms with van der Waals surface area (Å²) in [6, 6.07) is 0.119. The Hall–Kier alpha value is -1.10. The molecular formula is C12H22N3O2+. The summed E-state index contributed by atoms with van der Waals surface area (Å²) in [5.74, 6) is 0.143. The molecule has 17 heavy (non-hydrogen) atoms. The monoisotopic (exact) mass is 240 g/mol. The molecule has 2 saturated heterocycles. The lowest BCUT2D eigenvalue weighted by Crippen LogP contribution is -2.96. The minimum Gasteiger partial charge on any atom is -0.345 e. The first-order valence-electron chi connectivity index (χ1n) is 6.59. The quantitative estimate of drug-likeness (QED) is 0.639. The molecule has 0 unspecified atom stereocenters. The molecule has 2 aliphatic rings. The Balaban J connectivity index is 1.89. The summed E-state index contributed by atoms with van der Waals surface area (Å²) < 4.78 is 0. The molecule has 5 nitrogen and oxygen atoms in total. The van der Waals surface area contributed by atoms with E-state index in [-0.39, 0.29) is 17.9 Å². The molecule has 0 aromatic carbocycles. The highest BCUT2D eigenvalue weighted by Gasteiger charge is 2.31. The Morgan fingerprint density at radius 3 is 3.06 bits per heavy atom. The zero-order chi connectivity index (χ0) is 12.3. The van der Waals surface area contributed by atoms with Crippen LogP contribution in [0.3, 0.4) is 0 Å². The molecule has 2 heterocycles. The summed E-state index contributed by atoms with van der Waals surface area (Å²) in [5, 5.41) is 4.79. The number of carbonyl (C=O) groups is 2. The van der Waals surface area contributed by atoms with E-state index in [9.17, 15) is 9.59 Å². The predicted molar refractivity (Wildman–Crippen MR) is 63.2 cm³/mol. The zero-order valence-electron chi connectivity index (χ0n) is 10.4. The topological polar surface area (TPSA) is 66.0 Å². The second-order valence-electron chi connectivity index (χ2n) is 5.06. The Kier molecular flexibility index (Phi) is 3.99. The third kappa shape index (κ3) is 2.97. The predicted octanol–water partition coefficient (Wildman–Crippen LogP) is -1.16. The van der Waals surface area contributed by atoms with Gasteiger partial charge in [0.05, 0.1) is 19.5 Å². The highest BCUT2D eigenvalue weighted by Crippen LogP contribution is 2.17.